The Balaban J connectivity index is 0.00000264. The van der Waals surface area contributed by atoms with Gasteiger partial charge in [0.2, 0.25) is 0 Å². The molecule has 0 aliphatic rings. The molecule has 1 N–H and O–H groups in total. The lowest BCUT2D eigenvalue weighted by atomic mass is 10.1. The van der Waals surface area contributed by atoms with Crippen molar-refractivity contribution in [1.82, 2.24) is 5.32 Å². The SMILES string of the molecule is CCOc1ccc(Br)cc1CNCCc1ccc(OC)cc1.Cl. The molecule has 0 aliphatic heterocycles. The van der Waals surface area contributed by atoms with Crippen LogP contribution in [0.2, 0.25) is 0 Å². The van der Waals surface area contributed by atoms with E-state index in [2.05, 4.69) is 39.4 Å². The lowest BCUT2D eigenvalue weighted by molar-refractivity contribution is 0.335. The molecule has 2 rings (SSSR count). The van der Waals surface area contributed by atoms with Crippen LogP contribution in [0.1, 0.15) is 18.1 Å². The van der Waals surface area contributed by atoms with E-state index in [0.29, 0.717) is 6.61 Å². The van der Waals surface area contributed by atoms with Crippen molar-refractivity contribution in [2.45, 2.75) is 19.9 Å². The van der Waals surface area contributed by atoms with Crippen molar-refractivity contribution in [3.8, 4) is 11.5 Å². The Morgan fingerprint density at radius 3 is 2.48 bits per heavy atom. The summed E-state index contributed by atoms with van der Waals surface area (Å²) in [6.45, 7) is 4.40. The Bertz CT molecular complexity index is 590. The van der Waals surface area contributed by atoms with Gasteiger partial charge in [0.05, 0.1) is 13.7 Å². The average molecular weight is 401 g/mol. The number of benzene rings is 2. The molecule has 0 bridgehead atoms. The minimum atomic E-state index is 0. The standard InChI is InChI=1S/C18H22BrNO2.ClH/c1-3-22-18-9-6-16(19)12-15(18)13-20-11-10-14-4-7-17(21-2)8-5-14;/h4-9,12,20H,3,10-11,13H2,1-2H3;1H. The summed E-state index contributed by atoms with van der Waals surface area (Å²) in [7, 11) is 1.69. The molecule has 0 heterocycles. The molecule has 5 heteroatoms. The molecule has 0 amide bonds. The van der Waals surface area contributed by atoms with E-state index < -0.39 is 0 Å². The van der Waals surface area contributed by atoms with Crippen LogP contribution >= 0.6 is 28.3 Å². The second-order valence-corrected chi connectivity index (χ2v) is 5.88. The van der Waals surface area contributed by atoms with Crippen LogP contribution < -0.4 is 14.8 Å². The Kier molecular flexibility index (Phi) is 9.07. The molecule has 0 radical (unpaired) electrons. The molecular weight excluding hydrogens is 378 g/mol. The fourth-order valence-corrected chi connectivity index (χ4v) is 2.64. The van der Waals surface area contributed by atoms with Gasteiger partial charge in [0.15, 0.2) is 0 Å². The number of hydrogen-bond acceptors (Lipinski definition) is 3. The van der Waals surface area contributed by atoms with Crippen molar-refractivity contribution in [3.63, 3.8) is 0 Å². The highest BCUT2D eigenvalue weighted by molar-refractivity contribution is 9.10. The van der Waals surface area contributed by atoms with Gasteiger partial charge < -0.3 is 14.8 Å². The first-order chi connectivity index (χ1) is 10.7. The molecule has 126 valence electrons. The summed E-state index contributed by atoms with van der Waals surface area (Å²) >= 11 is 3.51. The number of halogens is 2. The van der Waals surface area contributed by atoms with Gasteiger partial charge in [0.1, 0.15) is 11.5 Å². The zero-order valence-electron chi connectivity index (χ0n) is 13.5. The molecule has 0 aliphatic carbocycles. The predicted octanol–water partition coefficient (Wildman–Crippen LogP) is 4.61. The lowest BCUT2D eigenvalue weighted by Crippen LogP contribution is -2.17. The summed E-state index contributed by atoms with van der Waals surface area (Å²) in [6.07, 6.45) is 0.988. The number of rotatable bonds is 8. The molecular formula is C18H23BrClNO2. The molecule has 23 heavy (non-hydrogen) atoms. The number of nitrogens with one attached hydrogen (secondary N) is 1. The number of methoxy groups -OCH3 is 1. The van der Waals surface area contributed by atoms with Crippen LogP contribution in [0.4, 0.5) is 0 Å². The van der Waals surface area contributed by atoms with E-state index in [9.17, 15) is 0 Å². The van der Waals surface area contributed by atoms with Gasteiger partial charge in [-0.2, -0.15) is 0 Å². The maximum Gasteiger partial charge on any atom is 0.123 e. The smallest absolute Gasteiger partial charge is 0.123 e. The van der Waals surface area contributed by atoms with E-state index in [0.717, 1.165) is 35.5 Å². The van der Waals surface area contributed by atoms with Gasteiger partial charge in [-0.25, -0.2) is 0 Å². The number of ether oxygens (including phenoxy) is 2. The largest absolute Gasteiger partial charge is 0.497 e. The van der Waals surface area contributed by atoms with Crippen LogP contribution in [-0.4, -0.2) is 20.3 Å². The molecule has 0 unspecified atom stereocenters. The first-order valence-electron chi connectivity index (χ1n) is 7.47. The van der Waals surface area contributed by atoms with Crippen molar-refractivity contribution >= 4 is 28.3 Å². The average Bonchev–Trinajstić information content (AvgIpc) is 2.54. The molecule has 0 spiro atoms. The van der Waals surface area contributed by atoms with Gasteiger partial charge in [-0.15, -0.1) is 12.4 Å². The third-order valence-electron chi connectivity index (χ3n) is 3.39. The minimum absolute atomic E-state index is 0. The van der Waals surface area contributed by atoms with Crippen LogP contribution in [0.3, 0.4) is 0 Å². The fraction of sp³-hybridized carbons (Fsp3) is 0.333. The third-order valence-corrected chi connectivity index (χ3v) is 3.88. The van der Waals surface area contributed by atoms with Crippen molar-refractivity contribution in [2.75, 3.05) is 20.3 Å². The van der Waals surface area contributed by atoms with E-state index in [1.807, 2.05) is 31.2 Å². The van der Waals surface area contributed by atoms with Crippen molar-refractivity contribution in [2.24, 2.45) is 0 Å². The van der Waals surface area contributed by atoms with E-state index in [1.54, 1.807) is 7.11 Å². The molecule has 0 saturated carbocycles. The van der Waals surface area contributed by atoms with E-state index in [-0.39, 0.29) is 12.4 Å². The van der Waals surface area contributed by atoms with E-state index in [4.69, 9.17) is 9.47 Å². The highest BCUT2D eigenvalue weighted by Crippen LogP contribution is 2.23. The van der Waals surface area contributed by atoms with E-state index >= 15 is 0 Å². The topological polar surface area (TPSA) is 30.5 Å². The van der Waals surface area contributed by atoms with Gasteiger partial charge in [0.25, 0.3) is 0 Å². The highest BCUT2D eigenvalue weighted by Gasteiger charge is 2.04. The molecule has 0 saturated heterocycles. The zero-order valence-corrected chi connectivity index (χ0v) is 15.9. The summed E-state index contributed by atoms with van der Waals surface area (Å²) in [6, 6.07) is 14.3. The molecule has 2 aromatic rings. The second-order valence-electron chi connectivity index (χ2n) is 4.96. The monoisotopic (exact) mass is 399 g/mol. The van der Waals surface area contributed by atoms with Crippen LogP contribution in [0.15, 0.2) is 46.9 Å². The van der Waals surface area contributed by atoms with Crippen LogP contribution in [0.25, 0.3) is 0 Å². The molecule has 3 nitrogen and oxygen atoms in total. The quantitative estimate of drug-likeness (QED) is 0.656. The first kappa shape index (κ1) is 19.8. The fourth-order valence-electron chi connectivity index (χ4n) is 2.23. The summed E-state index contributed by atoms with van der Waals surface area (Å²) in [4.78, 5) is 0. The van der Waals surface area contributed by atoms with Crippen LogP contribution in [0.5, 0.6) is 11.5 Å². The molecule has 0 atom stereocenters. The minimum Gasteiger partial charge on any atom is -0.497 e. The van der Waals surface area contributed by atoms with Crippen molar-refractivity contribution in [3.05, 3.63) is 58.1 Å². The van der Waals surface area contributed by atoms with Gasteiger partial charge in [-0.1, -0.05) is 28.1 Å². The Morgan fingerprint density at radius 2 is 1.83 bits per heavy atom. The Morgan fingerprint density at radius 1 is 1.09 bits per heavy atom. The second kappa shape index (κ2) is 10.5. The highest BCUT2D eigenvalue weighted by atomic mass is 79.9. The predicted molar refractivity (Wildman–Crippen MR) is 101 cm³/mol. The van der Waals surface area contributed by atoms with Crippen LogP contribution in [0, 0.1) is 0 Å². The van der Waals surface area contributed by atoms with Gasteiger partial charge >= 0.3 is 0 Å². The van der Waals surface area contributed by atoms with Crippen molar-refractivity contribution in [1.29, 1.82) is 0 Å². The molecule has 0 fully saturated rings. The van der Waals surface area contributed by atoms with Gasteiger partial charge in [-0.05, 0) is 55.8 Å². The number of hydrogen-bond donors (Lipinski definition) is 1. The van der Waals surface area contributed by atoms with E-state index in [1.165, 1.54) is 11.1 Å². The zero-order chi connectivity index (χ0) is 15.8. The van der Waals surface area contributed by atoms with Crippen molar-refractivity contribution < 1.29 is 9.47 Å². The first-order valence-corrected chi connectivity index (χ1v) is 8.27. The normalized spacial score (nSPS) is 10.0. The maximum absolute atomic E-state index is 5.66. The molecule has 0 aromatic heterocycles. The Hall–Kier alpha value is -1.23. The van der Waals surface area contributed by atoms with Gasteiger partial charge in [-0.3, -0.25) is 0 Å². The maximum atomic E-state index is 5.66. The molecule has 2 aromatic carbocycles. The Labute approximate surface area is 152 Å². The van der Waals surface area contributed by atoms with Crippen LogP contribution in [-0.2, 0) is 13.0 Å². The summed E-state index contributed by atoms with van der Waals surface area (Å²) in [5.74, 6) is 1.84. The summed E-state index contributed by atoms with van der Waals surface area (Å²) < 4.78 is 11.9. The lowest BCUT2D eigenvalue weighted by Gasteiger charge is -2.12. The van der Waals surface area contributed by atoms with Gasteiger partial charge in [0, 0.05) is 16.6 Å². The third kappa shape index (κ3) is 6.42. The summed E-state index contributed by atoms with van der Waals surface area (Å²) in [5.41, 5.74) is 2.47. The summed E-state index contributed by atoms with van der Waals surface area (Å²) in [5, 5.41) is 3.47.